The molecule has 0 radical (unpaired) electrons. The number of carbonyl (C=O) groups excluding carboxylic acids is 2. The van der Waals surface area contributed by atoms with Gasteiger partial charge in [0, 0.05) is 24.6 Å². The van der Waals surface area contributed by atoms with Crippen LogP contribution < -0.4 is 14.9 Å². The van der Waals surface area contributed by atoms with Crippen molar-refractivity contribution in [3.63, 3.8) is 0 Å². The summed E-state index contributed by atoms with van der Waals surface area (Å²) in [5.41, 5.74) is 2.17. The first kappa shape index (κ1) is 22.7. The third-order valence-corrected chi connectivity index (χ3v) is 7.09. The van der Waals surface area contributed by atoms with E-state index in [-0.39, 0.29) is 16.4 Å². The maximum absolute atomic E-state index is 13.0. The fraction of sp³-hybridized carbons (Fsp3) is 0.200. The lowest BCUT2D eigenvalue weighted by molar-refractivity contribution is -0.117. The van der Waals surface area contributed by atoms with Crippen molar-refractivity contribution >= 4 is 33.2 Å². The maximum atomic E-state index is 13.0. The number of hydrogen-bond donors (Lipinski definition) is 2. The van der Waals surface area contributed by atoms with Gasteiger partial charge < -0.3 is 10.2 Å². The number of rotatable bonds is 7. The van der Waals surface area contributed by atoms with Crippen molar-refractivity contribution < 1.29 is 18.0 Å². The third kappa shape index (κ3) is 5.13. The highest BCUT2D eigenvalue weighted by atomic mass is 32.2. The van der Waals surface area contributed by atoms with E-state index in [9.17, 15) is 18.0 Å². The van der Waals surface area contributed by atoms with E-state index >= 15 is 0 Å². The first-order chi connectivity index (χ1) is 15.8. The minimum Gasteiger partial charge on any atom is -0.320 e. The highest BCUT2D eigenvalue weighted by molar-refractivity contribution is 7.89. The molecule has 1 aliphatic heterocycles. The molecule has 0 unspecified atom stereocenters. The largest absolute Gasteiger partial charge is 0.320 e. The van der Waals surface area contributed by atoms with Crippen molar-refractivity contribution in [1.82, 2.24) is 4.72 Å². The molecule has 0 saturated carbocycles. The van der Waals surface area contributed by atoms with Crippen LogP contribution in [0, 0.1) is 0 Å². The van der Waals surface area contributed by atoms with Gasteiger partial charge in [0.2, 0.25) is 15.9 Å². The second-order valence-electron chi connectivity index (χ2n) is 7.90. The molecule has 4 rings (SSSR count). The Balaban J connectivity index is 1.54. The summed E-state index contributed by atoms with van der Waals surface area (Å²) >= 11 is 0. The average Bonchev–Trinajstić information content (AvgIpc) is 3.25. The van der Waals surface area contributed by atoms with Crippen LogP contribution >= 0.6 is 0 Å². The van der Waals surface area contributed by atoms with Gasteiger partial charge in [-0.2, -0.15) is 0 Å². The Hall–Kier alpha value is -3.49. The van der Waals surface area contributed by atoms with E-state index in [4.69, 9.17) is 0 Å². The molecule has 0 spiro atoms. The summed E-state index contributed by atoms with van der Waals surface area (Å²) in [5.74, 6) is -0.439. The summed E-state index contributed by atoms with van der Waals surface area (Å²) in [5, 5.41) is 2.82. The van der Waals surface area contributed by atoms with Crippen LogP contribution in [0.25, 0.3) is 0 Å². The Labute approximate surface area is 193 Å². The number of benzene rings is 3. The number of nitrogens with zero attached hydrogens (tertiary/aromatic N) is 1. The standard InChI is InChI=1S/C25H25N3O4S/c1-18(19-9-3-2-4-10-19)27-33(31,32)21-12-7-11-20(17-21)25(30)26-22-13-5-6-14-23(22)28-16-8-15-24(28)29/h2-7,9-14,17-18,27H,8,15-16H2,1H3,(H,26,30)/t18-/m0/s1. The highest BCUT2D eigenvalue weighted by Crippen LogP contribution is 2.30. The van der Waals surface area contributed by atoms with E-state index in [0.717, 1.165) is 12.0 Å². The maximum Gasteiger partial charge on any atom is 0.255 e. The van der Waals surface area contributed by atoms with Gasteiger partial charge >= 0.3 is 0 Å². The van der Waals surface area contributed by atoms with E-state index in [1.165, 1.54) is 18.2 Å². The summed E-state index contributed by atoms with van der Waals surface area (Å²) in [6.45, 7) is 2.37. The van der Waals surface area contributed by atoms with Crippen molar-refractivity contribution in [1.29, 1.82) is 0 Å². The van der Waals surface area contributed by atoms with Crippen molar-refractivity contribution in [3.8, 4) is 0 Å². The number of amides is 2. The van der Waals surface area contributed by atoms with Gasteiger partial charge in [-0.15, -0.1) is 0 Å². The molecule has 33 heavy (non-hydrogen) atoms. The SMILES string of the molecule is C[C@H](NS(=O)(=O)c1cccc(C(=O)Nc2ccccc2N2CCCC2=O)c1)c1ccccc1. The number of nitrogens with one attached hydrogen (secondary N) is 2. The molecule has 2 amide bonds. The number of sulfonamides is 1. The molecule has 1 heterocycles. The molecule has 1 fully saturated rings. The van der Waals surface area contributed by atoms with E-state index in [2.05, 4.69) is 10.0 Å². The molecule has 1 saturated heterocycles. The second kappa shape index (κ2) is 9.56. The summed E-state index contributed by atoms with van der Waals surface area (Å²) in [4.78, 5) is 26.8. The van der Waals surface area contributed by atoms with Gasteiger partial charge in [0.05, 0.1) is 16.3 Å². The van der Waals surface area contributed by atoms with Crippen LogP contribution in [-0.4, -0.2) is 26.8 Å². The van der Waals surface area contributed by atoms with Gasteiger partial charge in [0.1, 0.15) is 0 Å². The van der Waals surface area contributed by atoms with Crippen molar-refractivity contribution in [2.75, 3.05) is 16.8 Å². The third-order valence-electron chi connectivity index (χ3n) is 5.55. The molecular formula is C25H25N3O4S. The zero-order valence-corrected chi connectivity index (χ0v) is 19.0. The summed E-state index contributed by atoms with van der Waals surface area (Å²) < 4.78 is 28.5. The van der Waals surface area contributed by atoms with Crippen LogP contribution in [0.1, 0.15) is 41.7 Å². The first-order valence-corrected chi connectivity index (χ1v) is 12.2. The van der Waals surface area contributed by atoms with E-state index < -0.39 is 22.0 Å². The molecule has 8 heteroatoms. The molecule has 0 aliphatic carbocycles. The monoisotopic (exact) mass is 463 g/mol. The zero-order valence-electron chi connectivity index (χ0n) is 18.2. The predicted molar refractivity (Wildman–Crippen MR) is 128 cm³/mol. The lowest BCUT2D eigenvalue weighted by atomic mass is 10.1. The van der Waals surface area contributed by atoms with Crippen LogP contribution in [0.2, 0.25) is 0 Å². The van der Waals surface area contributed by atoms with Crippen LogP contribution in [0.4, 0.5) is 11.4 Å². The fourth-order valence-electron chi connectivity index (χ4n) is 3.83. The number of hydrogen-bond acceptors (Lipinski definition) is 4. The Bertz CT molecular complexity index is 1280. The Morgan fingerprint density at radius 3 is 2.42 bits per heavy atom. The Kier molecular flexibility index (Phi) is 6.57. The van der Waals surface area contributed by atoms with Gasteiger partial charge in [0.15, 0.2) is 0 Å². The molecule has 7 nitrogen and oxygen atoms in total. The number of carbonyl (C=O) groups is 2. The molecule has 0 bridgehead atoms. The van der Waals surface area contributed by atoms with Gasteiger partial charge in [0.25, 0.3) is 5.91 Å². The van der Waals surface area contributed by atoms with E-state index in [1.807, 2.05) is 36.4 Å². The molecule has 1 atom stereocenters. The quantitative estimate of drug-likeness (QED) is 0.551. The molecule has 0 aromatic heterocycles. The molecular weight excluding hydrogens is 438 g/mol. The predicted octanol–water partition coefficient (Wildman–Crippen LogP) is 4.11. The molecule has 1 aliphatic rings. The van der Waals surface area contributed by atoms with Crippen molar-refractivity contribution in [3.05, 3.63) is 90.0 Å². The molecule has 3 aromatic carbocycles. The number of para-hydroxylation sites is 2. The fourth-order valence-corrected chi connectivity index (χ4v) is 5.10. The summed E-state index contributed by atoms with van der Waals surface area (Å²) in [6.07, 6.45) is 1.26. The van der Waals surface area contributed by atoms with Crippen LogP contribution in [-0.2, 0) is 14.8 Å². The van der Waals surface area contributed by atoms with Gasteiger partial charge in [-0.05, 0) is 49.2 Å². The minimum atomic E-state index is -3.85. The smallest absolute Gasteiger partial charge is 0.255 e. The van der Waals surface area contributed by atoms with E-state index in [1.54, 1.807) is 36.1 Å². The van der Waals surface area contributed by atoms with Gasteiger partial charge in [-0.1, -0.05) is 48.5 Å². The van der Waals surface area contributed by atoms with Crippen molar-refractivity contribution in [2.45, 2.75) is 30.7 Å². The van der Waals surface area contributed by atoms with Gasteiger partial charge in [-0.25, -0.2) is 13.1 Å². The van der Waals surface area contributed by atoms with Crippen LogP contribution in [0.3, 0.4) is 0 Å². The Morgan fingerprint density at radius 2 is 1.70 bits per heavy atom. The van der Waals surface area contributed by atoms with E-state index in [0.29, 0.717) is 24.3 Å². The van der Waals surface area contributed by atoms with Crippen molar-refractivity contribution in [2.24, 2.45) is 0 Å². The lowest BCUT2D eigenvalue weighted by Gasteiger charge is -2.20. The first-order valence-electron chi connectivity index (χ1n) is 10.7. The number of anilines is 2. The second-order valence-corrected chi connectivity index (χ2v) is 9.62. The highest BCUT2D eigenvalue weighted by Gasteiger charge is 2.25. The van der Waals surface area contributed by atoms with Crippen LogP contribution in [0.5, 0.6) is 0 Å². The normalized spacial score (nSPS) is 14.8. The molecule has 2 N–H and O–H groups in total. The topological polar surface area (TPSA) is 95.6 Å². The summed E-state index contributed by atoms with van der Waals surface area (Å²) in [7, 11) is -3.85. The van der Waals surface area contributed by atoms with Gasteiger partial charge in [-0.3, -0.25) is 9.59 Å². The zero-order chi connectivity index (χ0) is 23.4. The summed E-state index contributed by atoms with van der Waals surface area (Å²) in [6, 6.07) is 21.8. The Morgan fingerprint density at radius 1 is 0.970 bits per heavy atom. The average molecular weight is 464 g/mol. The minimum absolute atomic E-state index is 0.000868. The molecule has 3 aromatic rings. The molecule has 170 valence electrons. The lowest BCUT2D eigenvalue weighted by Crippen LogP contribution is -2.27. The van der Waals surface area contributed by atoms with Crippen LogP contribution in [0.15, 0.2) is 83.8 Å².